The van der Waals surface area contributed by atoms with Crippen molar-refractivity contribution in [3.63, 3.8) is 0 Å². The Morgan fingerprint density at radius 2 is 1.63 bits per heavy atom. The molecule has 0 bridgehead atoms. The van der Waals surface area contributed by atoms with Gasteiger partial charge in [-0.3, -0.25) is 0 Å². The third kappa shape index (κ3) is 6.42. The Morgan fingerprint density at radius 1 is 1.04 bits per heavy atom. The second-order valence-corrected chi connectivity index (χ2v) is 9.04. The van der Waals surface area contributed by atoms with E-state index in [1.807, 2.05) is 12.2 Å². The monoisotopic (exact) mass is 370 g/mol. The lowest BCUT2D eigenvalue weighted by atomic mass is 9.78. The van der Waals surface area contributed by atoms with E-state index >= 15 is 0 Å². The quantitative estimate of drug-likeness (QED) is 0.490. The van der Waals surface area contributed by atoms with Crippen molar-refractivity contribution in [3.8, 4) is 5.75 Å². The van der Waals surface area contributed by atoms with Crippen molar-refractivity contribution < 1.29 is 14.6 Å². The Morgan fingerprint density at radius 3 is 2.07 bits per heavy atom. The molecule has 0 heterocycles. The van der Waals surface area contributed by atoms with Crippen LogP contribution in [0.5, 0.6) is 5.75 Å². The van der Waals surface area contributed by atoms with E-state index in [4.69, 9.17) is 9.84 Å². The maximum Gasteiger partial charge on any atom is 0.328 e. The molecule has 0 aliphatic carbocycles. The van der Waals surface area contributed by atoms with Gasteiger partial charge in [0.25, 0.3) is 0 Å². The maximum atomic E-state index is 10.7. The molecule has 0 saturated carbocycles. The predicted octanol–water partition coefficient (Wildman–Crippen LogP) is 6.28. The third-order valence-electron chi connectivity index (χ3n) is 4.45. The molecule has 1 rings (SSSR count). The molecule has 0 aliphatic rings. The molecule has 0 aromatic heterocycles. The molecule has 0 amide bonds. The zero-order valence-corrected chi connectivity index (χ0v) is 18.2. The second kappa shape index (κ2) is 8.60. The summed E-state index contributed by atoms with van der Waals surface area (Å²) >= 11 is 0. The molecule has 1 aromatic rings. The number of carboxylic acid groups (broad SMARTS) is 1. The molecule has 3 heteroatoms. The van der Waals surface area contributed by atoms with Crippen molar-refractivity contribution in [1.29, 1.82) is 0 Å². The first kappa shape index (κ1) is 22.8. The lowest BCUT2D eigenvalue weighted by Crippen LogP contribution is -2.18. The average Bonchev–Trinajstić information content (AvgIpc) is 2.50. The highest BCUT2D eigenvalue weighted by molar-refractivity contribution is 5.81. The number of ether oxygens (including phenoxy) is 1. The van der Waals surface area contributed by atoms with Crippen molar-refractivity contribution in [2.24, 2.45) is 0 Å². The fraction of sp³-hybridized carbons (Fsp3) is 0.458. The first-order valence-electron chi connectivity index (χ1n) is 9.27. The van der Waals surface area contributed by atoms with Crippen molar-refractivity contribution >= 4 is 11.5 Å². The van der Waals surface area contributed by atoms with Gasteiger partial charge in [-0.15, -0.1) is 0 Å². The van der Waals surface area contributed by atoms with Crippen LogP contribution in [0, 0.1) is 0 Å². The van der Waals surface area contributed by atoms with Crippen LogP contribution in [-0.4, -0.2) is 18.2 Å². The van der Waals surface area contributed by atoms with Crippen LogP contribution in [0.25, 0.3) is 5.57 Å². The lowest BCUT2D eigenvalue weighted by Gasteiger charge is -2.29. The molecule has 0 spiro atoms. The van der Waals surface area contributed by atoms with Gasteiger partial charge in [0.15, 0.2) is 0 Å². The minimum absolute atomic E-state index is 0.0257. The minimum Gasteiger partial charge on any atom is -0.496 e. The summed E-state index contributed by atoms with van der Waals surface area (Å²) in [4.78, 5) is 10.7. The Balaban J connectivity index is 3.54. The van der Waals surface area contributed by atoms with E-state index in [-0.39, 0.29) is 10.8 Å². The van der Waals surface area contributed by atoms with Gasteiger partial charge in [0, 0.05) is 17.2 Å². The summed E-state index contributed by atoms with van der Waals surface area (Å²) in [6.07, 6.45) is 6.86. The number of rotatable bonds is 5. The highest BCUT2D eigenvalue weighted by atomic mass is 16.5. The molecular weight excluding hydrogens is 336 g/mol. The van der Waals surface area contributed by atoms with Crippen molar-refractivity contribution in [2.45, 2.75) is 66.2 Å². The summed E-state index contributed by atoms with van der Waals surface area (Å²) in [6.45, 7) is 17.0. The normalized spacial score (nSPS) is 14.0. The van der Waals surface area contributed by atoms with Gasteiger partial charge in [-0.05, 0) is 47.5 Å². The molecule has 0 saturated heterocycles. The van der Waals surface area contributed by atoms with Crippen molar-refractivity contribution in [3.05, 3.63) is 58.7 Å². The molecule has 0 atom stereocenters. The van der Waals surface area contributed by atoms with Crippen LogP contribution in [0.1, 0.15) is 72.1 Å². The van der Waals surface area contributed by atoms with Crippen LogP contribution < -0.4 is 4.74 Å². The number of methoxy groups -OCH3 is 1. The van der Waals surface area contributed by atoms with Crippen molar-refractivity contribution in [2.75, 3.05) is 7.11 Å². The van der Waals surface area contributed by atoms with E-state index < -0.39 is 5.97 Å². The summed E-state index contributed by atoms with van der Waals surface area (Å²) in [5.41, 5.74) is 5.27. The Labute approximate surface area is 164 Å². The highest BCUT2D eigenvalue weighted by Crippen LogP contribution is 2.40. The van der Waals surface area contributed by atoms with Gasteiger partial charge in [-0.2, -0.15) is 0 Å². The van der Waals surface area contributed by atoms with Crippen LogP contribution in [0.4, 0.5) is 0 Å². The molecule has 0 fully saturated rings. The smallest absolute Gasteiger partial charge is 0.328 e. The molecule has 1 N–H and O–H groups in total. The fourth-order valence-corrected chi connectivity index (χ4v) is 2.81. The largest absolute Gasteiger partial charge is 0.496 e. The number of carbonyl (C=O) groups is 1. The number of benzene rings is 1. The number of aliphatic carboxylic acids is 1. The highest BCUT2D eigenvalue weighted by Gasteiger charge is 2.26. The molecule has 0 radical (unpaired) electrons. The number of hydrogen-bond donors (Lipinski definition) is 1. The van der Waals surface area contributed by atoms with Gasteiger partial charge in [0.2, 0.25) is 0 Å². The number of allylic oxidation sites excluding steroid dienone is 5. The van der Waals surface area contributed by atoms with Crippen LogP contribution in [-0.2, 0) is 15.6 Å². The van der Waals surface area contributed by atoms with E-state index in [9.17, 15) is 4.79 Å². The fourth-order valence-electron chi connectivity index (χ4n) is 2.81. The molecule has 0 aliphatic heterocycles. The maximum absolute atomic E-state index is 10.7. The minimum atomic E-state index is -0.938. The summed E-state index contributed by atoms with van der Waals surface area (Å²) < 4.78 is 5.82. The zero-order chi connectivity index (χ0) is 21.0. The van der Waals surface area contributed by atoms with Gasteiger partial charge < -0.3 is 9.84 Å². The second-order valence-electron chi connectivity index (χ2n) is 9.04. The van der Waals surface area contributed by atoms with Crippen LogP contribution in [0.3, 0.4) is 0 Å². The standard InChI is InChI=1S/C24H34O3/c1-16(13-21(25)26)11-10-12-17(2)19-14-18(23(3,4)5)15-20(22(19)27-9)24(6,7)8/h10-15H,1-9H3,(H,25,26)/b11-10+,16-13+,17-12+. The summed E-state index contributed by atoms with van der Waals surface area (Å²) in [5, 5.41) is 8.81. The van der Waals surface area contributed by atoms with Crippen LogP contribution in [0.15, 0.2) is 42.0 Å². The topological polar surface area (TPSA) is 46.5 Å². The van der Waals surface area contributed by atoms with Crippen LogP contribution >= 0.6 is 0 Å². The Bertz CT molecular complexity index is 779. The van der Waals surface area contributed by atoms with E-state index in [1.165, 1.54) is 17.2 Å². The average molecular weight is 371 g/mol. The van der Waals surface area contributed by atoms with E-state index in [0.717, 1.165) is 16.9 Å². The van der Waals surface area contributed by atoms with E-state index in [1.54, 1.807) is 20.1 Å². The number of hydrogen-bond acceptors (Lipinski definition) is 2. The third-order valence-corrected chi connectivity index (χ3v) is 4.45. The SMILES string of the molecule is COc1c(/C(C)=C/C=C/C(C)=C/C(=O)O)cc(C(C)(C)C)cc1C(C)(C)C. The summed E-state index contributed by atoms with van der Waals surface area (Å²) in [7, 11) is 1.72. The Kier molecular flexibility index (Phi) is 7.25. The first-order valence-corrected chi connectivity index (χ1v) is 9.27. The van der Waals surface area contributed by atoms with Gasteiger partial charge in [0.1, 0.15) is 5.75 Å². The molecule has 27 heavy (non-hydrogen) atoms. The van der Waals surface area contributed by atoms with Gasteiger partial charge in [-0.25, -0.2) is 4.79 Å². The molecule has 0 unspecified atom stereocenters. The van der Waals surface area contributed by atoms with E-state index in [0.29, 0.717) is 5.57 Å². The summed E-state index contributed by atoms with van der Waals surface area (Å²) in [6, 6.07) is 4.46. The van der Waals surface area contributed by atoms with Crippen LogP contribution in [0.2, 0.25) is 0 Å². The van der Waals surface area contributed by atoms with Gasteiger partial charge >= 0.3 is 5.97 Å². The zero-order valence-electron chi connectivity index (χ0n) is 18.2. The molecular formula is C24H34O3. The molecule has 1 aromatic carbocycles. The first-order chi connectivity index (χ1) is 12.3. The molecule has 148 valence electrons. The summed E-state index contributed by atoms with van der Waals surface area (Å²) in [5.74, 6) is -0.0392. The molecule has 3 nitrogen and oxygen atoms in total. The van der Waals surface area contributed by atoms with Crippen molar-refractivity contribution in [1.82, 2.24) is 0 Å². The van der Waals surface area contributed by atoms with Gasteiger partial charge in [0.05, 0.1) is 7.11 Å². The number of carboxylic acids is 1. The van der Waals surface area contributed by atoms with E-state index in [2.05, 4.69) is 60.6 Å². The predicted molar refractivity (Wildman–Crippen MR) is 115 cm³/mol. The van der Waals surface area contributed by atoms with Gasteiger partial charge in [-0.1, -0.05) is 65.8 Å². The lowest BCUT2D eigenvalue weighted by molar-refractivity contribution is -0.131. The Hall–Kier alpha value is -2.29.